The largest absolute Gasteiger partial charge is 0.489 e. The Bertz CT molecular complexity index is 1600. The first kappa shape index (κ1) is 28.0. The van der Waals surface area contributed by atoms with E-state index in [1.165, 1.54) is 7.11 Å². The molecule has 0 saturated heterocycles. The van der Waals surface area contributed by atoms with Crippen molar-refractivity contribution in [2.24, 2.45) is 0 Å². The fraction of sp³-hybridized carbons (Fsp3) is 0.258. The topological polar surface area (TPSA) is 85.4 Å². The van der Waals surface area contributed by atoms with Crippen LogP contribution in [0, 0.1) is 11.3 Å². The van der Waals surface area contributed by atoms with Crippen molar-refractivity contribution in [2.75, 3.05) is 7.11 Å². The van der Waals surface area contributed by atoms with Gasteiger partial charge in [-0.15, -0.1) is 0 Å². The van der Waals surface area contributed by atoms with E-state index in [2.05, 4.69) is 11.2 Å². The molecular weight excluding hydrogens is 571 g/mol. The minimum atomic E-state index is -0.754. The van der Waals surface area contributed by atoms with E-state index in [9.17, 15) is 10.1 Å². The third-order valence-corrected chi connectivity index (χ3v) is 8.18. The summed E-state index contributed by atoms with van der Waals surface area (Å²) in [6.45, 7) is 4.16. The van der Waals surface area contributed by atoms with Crippen molar-refractivity contribution in [1.29, 1.82) is 5.26 Å². The molecule has 4 aromatic rings. The number of hydrogen-bond acceptors (Lipinski definition) is 6. The number of carbonyl (C=O) groups is 1. The molecule has 1 heterocycles. The molecule has 40 heavy (non-hydrogen) atoms. The summed E-state index contributed by atoms with van der Waals surface area (Å²) in [5.41, 5.74) is 3.27. The van der Waals surface area contributed by atoms with Gasteiger partial charge in [0.2, 0.25) is 0 Å². The number of ether oxygens (including phenoxy) is 2. The van der Waals surface area contributed by atoms with E-state index in [0.717, 1.165) is 16.7 Å². The molecule has 1 saturated carbocycles. The van der Waals surface area contributed by atoms with Crippen LogP contribution in [0.3, 0.4) is 0 Å². The van der Waals surface area contributed by atoms with E-state index in [0.29, 0.717) is 49.8 Å². The number of methoxy groups -OCH3 is 1. The summed E-state index contributed by atoms with van der Waals surface area (Å²) in [6.07, 6.45) is 0.626. The maximum Gasteiger partial charge on any atom is 0.337 e. The van der Waals surface area contributed by atoms with Gasteiger partial charge in [0, 0.05) is 22.4 Å². The third kappa shape index (κ3) is 5.06. The first-order valence-electron chi connectivity index (χ1n) is 12.6. The lowest BCUT2D eigenvalue weighted by Gasteiger charge is -2.15. The number of nitriles is 1. The molecule has 0 N–H and O–H groups in total. The number of benzene rings is 3. The van der Waals surface area contributed by atoms with Crippen LogP contribution < -0.4 is 4.74 Å². The summed E-state index contributed by atoms with van der Waals surface area (Å²) >= 11 is 19.6. The normalized spacial score (nSPS) is 17.9. The zero-order chi connectivity index (χ0) is 28.6. The van der Waals surface area contributed by atoms with Crippen molar-refractivity contribution in [1.82, 2.24) is 5.16 Å². The monoisotopic (exact) mass is 594 g/mol. The summed E-state index contributed by atoms with van der Waals surface area (Å²) in [5, 5.41) is 15.8. The van der Waals surface area contributed by atoms with Crippen molar-refractivity contribution >= 4 is 40.8 Å². The van der Waals surface area contributed by atoms with Gasteiger partial charge in [-0.25, -0.2) is 4.79 Å². The predicted molar refractivity (Wildman–Crippen MR) is 154 cm³/mol. The van der Waals surface area contributed by atoms with Gasteiger partial charge in [-0.05, 0) is 53.9 Å². The molecule has 0 amide bonds. The van der Waals surface area contributed by atoms with Gasteiger partial charge in [-0.1, -0.05) is 78.1 Å². The Kier molecular flexibility index (Phi) is 7.83. The van der Waals surface area contributed by atoms with Gasteiger partial charge < -0.3 is 14.0 Å². The molecule has 1 aliphatic carbocycles. The van der Waals surface area contributed by atoms with Gasteiger partial charge in [0.25, 0.3) is 0 Å². The minimum Gasteiger partial charge on any atom is -0.489 e. The Hall–Kier alpha value is -3.50. The summed E-state index contributed by atoms with van der Waals surface area (Å²) < 4.78 is 16.6. The van der Waals surface area contributed by atoms with Gasteiger partial charge in [-0.2, -0.15) is 5.26 Å². The average molecular weight is 596 g/mol. The lowest BCUT2D eigenvalue weighted by Crippen LogP contribution is -2.08. The van der Waals surface area contributed by atoms with Crippen LogP contribution in [-0.2, 0) is 16.8 Å². The fourth-order valence-electron chi connectivity index (χ4n) is 5.05. The number of aromatic nitrogens is 1. The number of carbonyl (C=O) groups excluding carboxylic acids is 1. The van der Waals surface area contributed by atoms with Crippen LogP contribution in [0.2, 0.25) is 15.1 Å². The number of nitrogens with zero attached hydrogens (tertiary/aromatic N) is 2. The summed E-state index contributed by atoms with van der Waals surface area (Å²) in [4.78, 5) is 11.8. The smallest absolute Gasteiger partial charge is 0.337 e. The Morgan fingerprint density at radius 2 is 1.80 bits per heavy atom. The molecule has 3 aromatic carbocycles. The maximum absolute atomic E-state index is 11.8. The zero-order valence-electron chi connectivity index (χ0n) is 22.0. The van der Waals surface area contributed by atoms with E-state index < -0.39 is 11.4 Å². The second-order valence-corrected chi connectivity index (χ2v) is 11.2. The lowest BCUT2D eigenvalue weighted by molar-refractivity contribution is 0.0600. The molecule has 9 heteroatoms. The molecule has 204 valence electrons. The second-order valence-electron chi connectivity index (χ2n) is 10.0. The Labute approximate surface area is 247 Å². The predicted octanol–water partition coefficient (Wildman–Crippen LogP) is 8.74. The SMILES string of the molecule is COC(=O)c1ccc(C2CC2(C#N)c2ccc(OCc3c(-c4c(Cl)cccc4Cl)noc3C(C)C)cc2Cl)cc1. The summed E-state index contributed by atoms with van der Waals surface area (Å²) in [6, 6.07) is 20.2. The molecular formula is C31H25Cl3N2O4. The molecule has 0 spiro atoms. The van der Waals surface area contributed by atoms with Crippen LogP contribution >= 0.6 is 34.8 Å². The number of halogens is 3. The van der Waals surface area contributed by atoms with Gasteiger partial charge in [0.1, 0.15) is 23.8 Å². The highest BCUT2D eigenvalue weighted by molar-refractivity contribution is 6.39. The average Bonchev–Trinajstić information content (AvgIpc) is 3.54. The Morgan fingerprint density at radius 1 is 1.10 bits per heavy atom. The van der Waals surface area contributed by atoms with Crippen LogP contribution in [0.1, 0.15) is 64.9 Å². The van der Waals surface area contributed by atoms with Crippen LogP contribution in [0.4, 0.5) is 0 Å². The van der Waals surface area contributed by atoms with Crippen molar-refractivity contribution in [3.63, 3.8) is 0 Å². The van der Waals surface area contributed by atoms with E-state index in [4.69, 9.17) is 48.8 Å². The number of hydrogen-bond donors (Lipinski definition) is 0. The van der Waals surface area contributed by atoms with Crippen LogP contribution in [-0.4, -0.2) is 18.2 Å². The lowest BCUT2D eigenvalue weighted by atomic mass is 9.91. The van der Waals surface area contributed by atoms with Crippen molar-refractivity contribution in [3.8, 4) is 23.1 Å². The molecule has 1 aromatic heterocycles. The van der Waals surface area contributed by atoms with Crippen molar-refractivity contribution < 1.29 is 18.8 Å². The van der Waals surface area contributed by atoms with E-state index >= 15 is 0 Å². The van der Waals surface area contributed by atoms with Crippen molar-refractivity contribution in [2.45, 2.75) is 44.1 Å². The molecule has 0 bridgehead atoms. The molecule has 2 atom stereocenters. The van der Waals surface area contributed by atoms with Gasteiger partial charge >= 0.3 is 5.97 Å². The third-order valence-electron chi connectivity index (χ3n) is 7.24. The van der Waals surface area contributed by atoms with Gasteiger partial charge in [-0.3, -0.25) is 0 Å². The van der Waals surface area contributed by atoms with Crippen LogP contribution in [0.5, 0.6) is 5.75 Å². The molecule has 1 fully saturated rings. The zero-order valence-corrected chi connectivity index (χ0v) is 24.3. The molecule has 5 rings (SSSR count). The second kappa shape index (κ2) is 11.2. The number of rotatable bonds is 8. The highest BCUT2D eigenvalue weighted by Crippen LogP contribution is 2.61. The Morgan fingerprint density at radius 3 is 2.40 bits per heavy atom. The van der Waals surface area contributed by atoms with E-state index in [-0.39, 0.29) is 18.4 Å². The molecule has 0 aliphatic heterocycles. The molecule has 1 aliphatic rings. The first-order chi connectivity index (χ1) is 19.2. The Balaban J connectivity index is 1.38. The van der Waals surface area contributed by atoms with Gasteiger partial charge in [0.05, 0.1) is 39.8 Å². The molecule has 0 radical (unpaired) electrons. The maximum atomic E-state index is 11.8. The molecule has 6 nitrogen and oxygen atoms in total. The standard InChI is InChI=1S/C31H25Cl3N2O4/c1-17(2)29-21(28(36-40-29)27-24(32)5-4-6-25(27)33)15-39-20-11-12-22(26(34)13-20)31(16-35)14-23(31)18-7-9-19(10-8-18)30(37)38-3/h4-13,17,23H,14-15H2,1-3H3. The van der Waals surface area contributed by atoms with Gasteiger partial charge in [0.15, 0.2) is 0 Å². The van der Waals surface area contributed by atoms with Crippen LogP contribution in [0.15, 0.2) is 65.2 Å². The summed E-state index contributed by atoms with van der Waals surface area (Å²) in [7, 11) is 1.34. The highest BCUT2D eigenvalue weighted by atomic mass is 35.5. The van der Waals surface area contributed by atoms with Crippen molar-refractivity contribution in [3.05, 3.63) is 104 Å². The first-order valence-corrected chi connectivity index (χ1v) is 13.8. The van der Waals surface area contributed by atoms with Crippen LogP contribution in [0.25, 0.3) is 11.3 Å². The van der Waals surface area contributed by atoms with E-state index in [1.807, 2.05) is 32.0 Å². The quantitative estimate of drug-likeness (QED) is 0.189. The molecule has 2 unspecified atom stereocenters. The highest BCUT2D eigenvalue weighted by Gasteiger charge is 2.57. The minimum absolute atomic E-state index is 0.0398. The van der Waals surface area contributed by atoms with E-state index in [1.54, 1.807) is 42.5 Å². The number of esters is 1. The fourth-order valence-corrected chi connectivity index (χ4v) is 5.97. The summed E-state index contributed by atoms with van der Waals surface area (Å²) in [5.74, 6) is 0.823.